The predicted molar refractivity (Wildman–Crippen MR) is 75.8 cm³/mol. The fourth-order valence-electron chi connectivity index (χ4n) is 0.838. The van der Waals surface area contributed by atoms with E-state index in [0.29, 0.717) is 5.11 Å². The molecule has 3 N–H and O–H groups in total. The first kappa shape index (κ1) is 16.2. The quantitative estimate of drug-likeness (QED) is 0.412. The molecule has 17 heavy (non-hydrogen) atoms. The van der Waals surface area contributed by atoms with E-state index in [-0.39, 0.29) is 11.6 Å². The first-order valence-electron chi connectivity index (χ1n) is 5.79. The number of thiocarbonyl (C=S) groups is 1. The molecule has 0 aliphatic heterocycles. The molecular weight excluding hydrogens is 234 g/mol. The highest BCUT2D eigenvalue weighted by atomic mass is 32.1. The van der Waals surface area contributed by atoms with Crippen molar-refractivity contribution < 1.29 is 0 Å². The topological polar surface area (TPSA) is 60.8 Å². The summed E-state index contributed by atoms with van der Waals surface area (Å²) in [7, 11) is 0. The molecule has 0 rings (SSSR count). The third-order valence-electron chi connectivity index (χ3n) is 1.51. The zero-order valence-corrected chi connectivity index (χ0v) is 12.7. The molecule has 0 atom stereocenters. The van der Waals surface area contributed by atoms with Crippen LogP contribution in [0, 0.1) is 0 Å². The highest BCUT2D eigenvalue weighted by molar-refractivity contribution is 7.80. The van der Waals surface area contributed by atoms with Crippen molar-refractivity contribution in [2.24, 2.45) is 10.2 Å². The molecule has 0 bridgehead atoms. The Morgan fingerprint density at radius 2 is 1.65 bits per heavy atom. The summed E-state index contributed by atoms with van der Waals surface area (Å²) in [5, 5.41) is 11.9. The highest BCUT2D eigenvalue weighted by Crippen LogP contribution is 2.06. The molecule has 6 heteroatoms. The van der Waals surface area contributed by atoms with Gasteiger partial charge in [0, 0.05) is 5.54 Å². The molecule has 0 amide bonds. The third-order valence-corrected chi connectivity index (χ3v) is 1.71. The van der Waals surface area contributed by atoms with Crippen LogP contribution in [-0.4, -0.2) is 22.4 Å². The summed E-state index contributed by atoms with van der Waals surface area (Å²) in [6, 6.07) is 0.185. The summed E-state index contributed by atoms with van der Waals surface area (Å²) < 4.78 is 0. The van der Waals surface area contributed by atoms with Gasteiger partial charge in [-0.15, -0.1) is 0 Å². The van der Waals surface area contributed by atoms with Crippen LogP contribution in [-0.2, 0) is 0 Å². The summed E-state index contributed by atoms with van der Waals surface area (Å²) in [5.41, 5.74) is 5.47. The standard InChI is InChI=1S/C11H25N5S/c1-8(2)13-16-11(6,7)12-9(17)14-15-10(3,4)5/h8,15H,1-7H3,(H2,12,14,17)/b16-13+. The van der Waals surface area contributed by atoms with Gasteiger partial charge in [-0.25, -0.2) is 5.43 Å². The van der Waals surface area contributed by atoms with Crippen LogP contribution in [0.2, 0.25) is 0 Å². The smallest absolute Gasteiger partial charge is 0.182 e. The van der Waals surface area contributed by atoms with Gasteiger partial charge in [-0.2, -0.15) is 10.2 Å². The minimum atomic E-state index is -0.506. The minimum Gasteiger partial charge on any atom is -0.336 e. The van der Waals surface area contributed by atoms with Gasteiger partial charge in [0.2, 0.25) is 0 Å². The van der Waals surface area contributed by atoms with Gasteiger partial charge >= 0.3 is 0 Å². The Hall–Kier alpha value is -0.750. The van der Waals surface area contributed by atoms with Crippen LogP contribution in [0.5, 0.6) is 0 Å². The number of nitrogens with zero attached hydrogens (tertiary/aromatic N) is 2. The lowest BCUT2D eigenvalue weighted by atomic mass is 10.1. The van der Waals surface area contributed by atoms with Crippen molar-refractivity contribution >= 4 is 17.3 Å². The minimum absolute atomic E-state index is 0.0463. The number of nitrogens with one attached hydrogen (secondary N) is 3. The van der Waals surface area contributed by atoms with Crippen LogP contribution < -0.4 is 16.2 Å². The van der Waals surface area contributed by atoms with E-state index in [9.17, 15) is 0 Å². The molecule has 0 unspecified atom stereocenters. The van der Waals surface area contributed by atoms with Crippen LogP contribution in [0.3, 0.4) is 0 Å². The third kappa shape index (κ3) is 10.1. The SMILES string of the molecule is CC(C)/N=N/C(C)(C)NC(=S)NNC(C)(C)C. The van der Waals surface area contributed by atoms with E-state index in [1.165, 1.54) is 0 Å². The van der Waals surface area contributed by atoms with Crippen molar-refractivity contribution in [3.05, 3.63) is 0 Å². The molecule has 0 aromatic rings. The Morgan fingerprint density at radius 3 is 2.06 bits per heavy atom. The number of azo groups is 1. The summed E-state index contributed by atoms with van der Waals surface area (Å²) in [6.45, 7) is 14.0. The van der Waals surface area contributed by atoms with E-state index in [1.807, 2.05) is 48.5 Å². The fraction of sp³-hybridized carbons (Fsp3) is 0.909. The predicted octanol–water partition coefficient (Wildman–Crippen LogP) is 2.35. The molecule has 0 saturated carbocycles. The Balaban J connectivity index is 4.19. The van der Waals surface area contributed by atoms with Gasteiger partial charge in [0.25, 0.3) is 0 Å². The average Bonchev–Trinajstić information content (AvgIpc) is 2.10. The summed E-state index contributed by atoms with van der Waals surface area (Å²) in [6.07, 6.45) is 0. The largest absolute Gasteiger partial charge is 0.336 e. The monoisotopic (exact) mass is 259 g/mol. The molecule has 0 heterocycles. The number of rotatable bonds is 4. The molecule has 0 radical (unpaired) electrons. The van der Waals surface area contributed by atoms with Crippen molar-refractivity contribution in [2.75, 3.05) is 0 Å². The Bertz CT molecular complexity index is 278. The molecule has 0 aromatic heterocycles. The molecule has 0 aromatic carbocycles. The van der Waals surface area contributed by atoms with Crippen LogP contribution >= 0.6 is 12.2 Å². The van der Waals surface area contributed by atoms with E-state index in [4.69, 9.17) is 12.2 Å². The number of hydrogen-bond acceptors (Lipinski definition) is 4. The molecule has 0 saturated heterocycles. The molecular formula is C11H25N5S. The summed E-state index contributed by atoms with van der Waals surface area (Å²) in [4.78, 5) is 0. The van der Waals surface area contributed by atoms with E-state index in [1.54, 1.807) is 0 Å². The molecule has 0 aliphatic rings. The van der Waals surface area contributed by atoms with Crippen LogP contribution in [0.4, 0.5) is 0 Å². The fourth-order valence-corrected chi connectivity index (χ4v) is 1.14. The lowest BCUT2D eigenvalue weighted by Crippen LogP contribution is -2.55. The Kier molecular flexibility index (Phi) is 5.98. The van der Waals surface area contributed by atoms with Gasteiger partial charge in [-0.05, 0) is 60.7 Å². The van der Waals surface area contributed by atoms with Gasteiger partial charge in [-0.1, -0.05) is 0 Å². The van der Waals surface area contributed by atoms with Crippen molar-refractivity contribution in [2.45, 2.75) is 65.7 Å². The summed E-state index contributed by atoms with van der Waals surface area (Å²) >= 11 is 5.16. The van der Waals surface area contributed by atoms with E-state index < -0.39 is 5.66 Å². The lowest BCUT2D eigenvalue weighted by molar-refractivity contribution is 0.388. The van der Waals surface area contributed by atoms with Crippen molar-refractivity contribution in [3.8, 4) is 0 Å². The van der Waals surface area contributed by atoms with Crippen molar-refractivity contribution in [1.29, 1.82) is 0 Å². The highest BCUT2D eigenvalue weighted by Gasteiger charge is 2.18. The molecule has 0 spiro atoms. The van der Waals surface area contributed by atoms with Crippen LogP contribution in [0.25, 0.3) is 0 Å². The molecule has 0 fully saturated rings. The first-order chi connectivity index (χ1) is 7.52. The number of hydrogen-bond donors (Lipinski definition) is 3. The average molecular weight is 259 g/mol. The van der Waals surface area contributed by atoms with Gasteiger partial charge in [0.05, 0.1) is 6.04 Å². The maximum absolute atomic E-state index is 5.16. The van der Waals surface area contributed by atoms with E-state index in [2.05, 4.69) is 26.4 Å². The van der Waals surface area contributed by atoms with Crippen molar-refractivity contribution in [3.63, 3.8) is 0 Å². The van der Waals surface area contributed by atoms with Gasteiger partial charge < -0.3 is 5.32 Å². The zero-order valence-electron chi connectivity index (χ0n) is 11.9. The van der Waals surface area contributed by atoms with Crippen molar-refractivity contribution in [1.82, 2.24) is 16.2 Å². The summed E-state index contributed by atoms with van der Waals surface area (Å²) in [5.74, 6) is 0. The van der Waals surface area contributed by atoms with E-state index in [0.717, 1.165) is 0 Å². The second kappa shape index (κ2) is 6.26. The molecule has 0 aliphatic carbocycles. The second-order valence-corrected chi connectivity index (χ2v) is 6.23. The van der Waals surface area contributed by atoms with Crippen LogP contribution in [0.1, 0.15) is 48.5 Å². The maximum Gasteiger partial charge on any atom is 0.182 e. The molecule has 100 valence electrons. The zero-order chi connectivity index (χ0) is 13.7. The maximum atomic E-state index is 5.16. The lowest BCUT2D eigenvalue weighted by Gasteiger charge is -2.26. The first-order valence-corrected chi connectivity index (χ1v) is 6.20. The second-order valence-electron chi connectivity index (χ2n) is 5.82. The van der Waals surface area contributed by atoms with Gasteiger partial charge in [0.1, 0.15) is 5.66 Å². The molecule has 5 nitrogen and oxygen atoms in total. The van der Waals surface area contributed by atoms with E-state index >= 15 is 0 Å². The Morgan fingerprint density at radius 1 is 1.12 bits per heavy atom. The van der Waals surface area contributed by atoms with Gasteiger partial charge in [0.15, 0.2) is 5.11 Å². The van der Waals surface area contributed by atoms with Crippen LogP contribution in [0.15, 0.2) is 10.2 Å². The van der Waals surface area contributed by atoms with Gasteiger partial charge in [-0.3, -0.25) is 5.43 Å². The normalized spacial score (nSPS) is 13.2. The number of hydrazine groups is 1. The Labute approximate surface area is 110 Å².